The molecule has 0 radical (unpaired) electrons. The monoisotopic (exact) mass is 487 g/mol. The maximum absolute atomic E-state index is 6.00. The summed E-state index contributed by atoms with van der Waals surface area (Å²) in [5, 5.41) is 3.35. The minimum atomic E-state index is -0.584. The molecule has 11 nitrogen and oxygen atoms in total. The van der Waals surface area contributed by atoms with Gasteiger partial charge in [0.1, 0.15) is 41.6 Å². The number of aryl methyl sites for hydroxylation is 1. The molecule has 184 valence electrons. The molecule has 1 saturated heterocycles. The predicted molar refractivity (Wildman–Crippen MR) is 130 cm³/mol. The highest BCUT2D eigenvalue weighted by atomic mass is 16.7. The molecular formula is C25H25N7O4. The van der Waals surface area contributed by atoms with Gasteiger partial charge < -0.3 is 24.3 Å². The third-order valence-electron chi connectivity index (χ3n) is 6.10. The van der Waals surface area contributed by atoms with Gasteiger partial charge >= 0.3 is 0 Å². The maximum atomic E-state index is 6.00. The molecule has 4 aromatic heterocycles. The van der Waals surface area contributed by atoms with Crippen LogP contribution in [0.1, 0.15) is 43.2 Å². The van der Waals surface area contributed by atoms with E-state index in [1.165, 1.54) is 12.5 Å². The Kier molecular flexibility index (Phi) is 5.82. The summed E-state index contributed by atoms with van der Waals surface area (Å²) in [6, 6.07) is 5.59. The van der Waals surface area contributed by atoms with Gasteiger partial charge in [0.15, 0.2) is 5.65 Å². The Morgan fingerprint density at radius 1 is 1.06 bits per heavy atom. The number of hydrogen-bond donors (Lipinski definition) is 1. The van der Waals surface area contributed by atoms with Crippen LogP contribution >= 0.6 is 0 Å². The smallest absolute Gasteiger partial charge is 0.267 e. The molecule has 0 amide bonds. The molecular weight excluding hydrogens is 462 g/mol. The van der Waals surface area contributed by atoms with E-state index in [1.54, 1.807) is 31.9 Å². The number of methoxy groups -OCH3 is 1. The summed E-state index contributed by atoms with van der Waals surface area (Å²) < 4.78 is 24.3. The molecule has 11 heteroatoms. The van der Waals surface area contributed by atoms with Crippen LogP contribution in [0.5, 0.6) is 5.88 Å². The Labute approximate surface area is 207 Å². The van der Waals surface area contributed by atoms with Crippen LogP contribution in [0.3, 0.4) is 0 Å². The summed E-state index contributed by atoms with van der Waals surface area (Å²) in [5.74, 6) is 1.72. The van der Waals surface area contributed by atoms with Gasteiger partial charge in [0.25, 0.3) is 6.29 Å². The molecule has 1 unspecified atom stereocenters. The molecule has 1 atom stereocenters. The van der Waals surface area contributed by atoms with Crippen molar-refractivity contribution in [1.29, 1.82) is 0 Å². The van der Waals surface area contributed by atoms with Crippen LogP contribution in [0.2, 0.25) is 0 Å². The van der Waals surface area contributed by atoms with Gasteiger partial charge in [-0.3, -0.25) is 4.57 Å². The molecule has 2 aliphatic heterocycles. The number of hydrogen-bond acceptors (Lipinski definition) is 10. The molecule has 6 heterocycles. The zero-order valence-corrected chi connectivity index (χ0v) is 19.9. The molecule has 0 spiro atoms. The summed E-state index contributed by atoms with van der Waals surface area (Å²) >= 11 is 0. The van der Waals surface area contributed by atoms with Crippen LogP contribution in [-0.4, -0.2) is 43.2 Å². The van der Waals surface area contributed by atoms with Crippen molar-refractivity contribution in [2.45, 2.75) is 38.7 Å². The number of nitrogens with zero attached hydrogens (tertiary/aromatic N) is 6. The first-order valence-corrected chi connectivity index (χ1v) is 11.8. The van der Waals surface area contributed by atoms with Gasteiger partial charge in [-0.05, 0) is 38.3 Å². The number of nitrogens with one attached hydrogen (secondary N) is 1. The van der Waals surface area contributed by atoms with Crippen molar-refractivity contribution in [2.75, 3.05) is 19.0 Å². The second kappa shape index (κ2) is 9.42. The van der Waals surface area contributed by atoms with Crippen LogP contribution in [0.25, 0.3) is 22.4 Å². The number of aromatic nitrogens is 6. The van der Waals surface area contributed by atoms with Crippen molar-refractivity contribution in [3.8, 4) is 17.1 Å². The predicted octanol–water partition coefficient (Wildman–Crippen LogP) is 4.56. The Balaban J connectivity index is 1.47. The van der Waals surface area contributed by atoms with E-state index >= 15 is 0 Å². The fraction of sp³-hybridized carbons (Fsp3) is 0.320. The standard InChI is InChI=1S/C25H25N7O4/c1-15-29-21(22-24(30-15)32(14-28-22)20-5-3-4-8-34-20)18-11-16(25-35-9-10-36-25)12-27-23(18)31-17-6-7-19(33-2)26-13-17/h6-7,9-14,20,25H,3-5,8H2,1-2H3,(H,27,31). The molecule has 6 rings (SSSR count). The van der Waals surface area contributed by atoms with E-state index in [0.717, 1.165) is 48.3 Å². The van der Waals surface area contributed by atoms with Gasteiger partial charge in [0.05, 0.1) is 30.9 Å². The molecule has 1 fully saturated rings. The fourth-order valence-electron chi connectivity index (χ4n) is 4.36. The number of pyridine rings is 2. The number of rotatable bonds is 6. The summed E-state index contributed by atoms with van der Waals surface area (Å²) in [5.41, 5.74) is 4.25. The van der Waals surface area contributed by atoms with E-state index < -0.39 is 6.29 Å². The first-order valence-electron chi connectivity index (χ1n) is 11.8. The lowest BCUT2D eigenvalue weighted by Gasteiger charge is -2.23. The molecule has 36 heavy (non-hydrogen) atoms. The lowest BCUT2D eigenvalue weighted by Crippen LogP contribution is -2.18. The van der Waals surface area contributed by atoms with E-state index in [0.29, 0.717) is 28.7 Å². The van der Waals surface area contributed by atoms with Crippen molar-refractivity contribution in [3.05, 3.63) is 60.8 Å². The minimum absolute atomic E-state index is 0.0929. The Morgan fingerprint density at radius 3 is 2.69 bits per heavy atom. The molecule has 0 bridgehead atoms. The summed E-state index contributed by atoms with van der Waals surface area (Å²) in [6.45, 7) is 2.60. The molecule has 4 aromatic rings. The van der Waals surface area contributed by atoms with Crippen molar-refractivity contribution in [3.63, 3.8) is 0 Å². The van der Waals surface area contributed by atoms with Gasteiger partial charge in [-0.2, -0.15) is 0 Å². The lowest BCUT2D eigenvalue weighted by atomic mass is 10.1. The third-order valence-corrected chi connectivity index (χ3v) is 6.10. The first-order chi connectivity index (χ1) is 17.7. The van der Waals surface area contributed by atoms with E-state index in [9.17, 15) is 0 Å². The van der Waals surface area contributed by atoms with Crippen LogP contribution in [0.15, 0.2) is 49.4 Å². The quantitative estimate of drug-likeness (QED) is 0.414. The summed E-state index contributed by atoms with van der Waals surface area (Å²) in [4.78, 5) is 23.2. The zero-order chi connectivity index (χ0) is 24.5. The lowest BCUT2D eigenvalue weighted by molar-refractivity contribution is -0.0298. The van der Waals surface area contributed by atoms with E-state index in [1.807, 2.05) is 23.6 Å². The topological polar surface area (TPSA) is 118 Å². The van der Waals surface area contributed by atoms with Crippen molar-refractivity contribution < 1.29 is 18.9 Å². The van der Waals surface area contributed by atoms with Gasteiger partial charge in [-0.15, -0.1) is 0 Å². The highest BCUT2D eigenvalue weighted by Gasteiger charge is 2.25. The number of fused-ring (bicyclic) bond motifs is 1. The normalized spacial score (nSPS) is 17.7. The average Bonchev–Trinajstić information content (AvgIpc) is 3.60. The van der Waals surface area contributed by atoms with Gasteiger partial charge in [0.2, 0.25) is 5.88 Å². The molecule has 0 saturated carbocycles. The second-order valence-corrected chi connectivity index (χ2v) is 8.52. The minimum Gasteiger partial charge on any atom is -0.481 e. The number of imidazole rings is 1. The van der Waals surface area contributed by atoms with Crippen LogP contribution in [-0.2, 0) is 14.2 Å². The average molecular weight is 488 g/mol. The molecule has 0 aromatic carbocycles. The zero-order valence-electron chi connectivity index (χ0n) is 19.9. The summed E-state index contributed by atoms with van der Waals surface area (Å²) in [6.07, 6.45) is 10.6. The van der Waals surface area contributed by atoms with Crippen LogP contribution in [0, 0.1) is 6.92 Å². The number of anilines is 2. The van der Waals surface area contributed by atoms with Crippen molar-refractivity contribution in [2.24, 2.45) is 0 Å². The van der Waals surface area contributed by atoms with Crippen molar-refractivity contribution in [1.82, 2.24) is 29.5 Å². The highest BCUT2D eigenvalue weighted by molar-refractivity contribution is 5.92. The van der Waals surface area contributed by atoms with Gasteiger partial charge in [-0.25, -0.2) is 24.9 Å². The van der Waals surface area contributed by atoms with Crippen LogP contribution in [0.4, 0.5) is 11.5 Å². The van der Waals surface area contributed by atoms with Gasteiger partial charge in [-0.1, -0.05) is 0 Å². The van der Waals surface area contributed by atoms with Crippen LogP contribution < -0.4 is 10.1 Å². The fourth-order valence-corrected chi connectivity index (χ4v) is 4.36. The van der Waals surface area contributed by atoms with E-state index in [2.05, 4.69) is 10.3 Å². The Bertz CT molecular complexity index is 1410. The molecule has 0 aliphatic carbocycles. The SMILES string of the molecule is COc1ccc(Nc2ncc(C3OC=CO3)cc2-c2nc(C)nc3c2ncn3C2CCCCO2)cn1. The largest absolute Gasteiger partial charge is 0.481 e. The highest BCUT2D eigenvalue weighted by Crippen LogP contribution is 2.36. The summed E-state index contributed by atoms with van der Waals surface area (Å²) in [7, 11) is 1.58. The van der Waals surface area contributed by atoms with E-state index in [4.69, 9.17) is 38.9 Å². The maximum Gasteiger partial charge on any atom is 0.267 e. The molecule has 1 N–H and O–H groups in total. The van der Waals surface area contributed by atoms with Crippen molar-refractivity contribution >= 4 is 22.7 Å². The second-order valence-electron chi connectivity index (χ2n) is 8.52. The Hall–Kier alpha value is -4.25. The third kappa shape index (κ3) is 4.17. The Morgan fingerprint density at radius 2 is 1.94 bits per heavy atom. The van der Waals surface area contributed by atoms with E-state index in [-0.39, 0.29) is 6.23 Å². The first kappa shape index (κ1) is 22.2. The van der Waals surface area contributed by atoms with Gasteiger partial charge in [0, 0.05) is 24.4 Å². The molecule has 2 aliphatic rings. The number of ether oxygens (including phenoxy) is 4.